The molecule has 0 saturated heterocycles. The van der Waals surface area contributed by atoms with Gasteiger partial charge in [-0.15, -0.1) is 0 Å². The van der Waals surface area contributed by atoms with Gasteiger partial charge in [-0.3, -0.25) is 0 Å². The van der Waals surface area contributed by atoms with Crippen molar-refractivity contribution in [2.75, 3.05) is 0 Å². The van der Waals surface area contributed by atoms with E-state index in [2.05, 4.69) is 0 Å². The molecule has 0 aliphatic rings. The van der Waals surface area contributed by atoms with Crippen LogP contribution >= 0.6 is 0 Å². The predicted octanol–water partition coefficient (Wildman–Crippen LogP) is -0.216. The number of hydrogen-bond donors (Lipinski definition) is 0. The largest absolute Gasteiger partial charge is 0.303 e. The van der Waals surface area contributed by atoms with Crippen LogP contribution in [0.2, 0.25) is 0 Å². The van der Waals surface area contributed by atoms with Crippen molar-refractivity contribution in [1.29, 1.82) is 0 Å². The molecule has 7 heavy (non-hydrogen) atoms. The topological polar surface area (TPSA) is 34.1 Å². The zero-order chi connectivity index (χ0) is 4.83. The number of aldehydes is 2. The minimum Gasteiger partial charge on any atom is -0.303 e. The van der Waals surface area contributed by atoms with Crippen LogP contribution in [-0.4, -0.2) is 42.1 Å². The molecular weight excluding hydrogens is 103 g/mol. The number of carbonyl (C=O) groups is 2. The van der Waals surface area contributed by atoms with Crippen molar-refractivity contribution >= 4 is 42.1 Å². The van der Waals surface area contributed by atoms with Gasteiger partial charge in [0, 0.05) is 42.4 Å². The fourth-order valence-electron chi connectivity index (χ4n) is 0.136. The monoisotopic (exact) mass is 109 g/mol. The normalized spacial score (nSPS) is 6.29. The Hall–Kier alpha value is 0.340. The number of rotatable bonds is 3. The van der Waals surface area contributed by atoms with E-state index in [4.69, 9.17) is 0 Å². The molecule has 0 aliphatic carbocycles. The van der Waals surface area contributed by atoms with Gasteiger partial charge in [0.05, 0.1) is 0 Å². The van der Waals surface area contributed by atoms with Crippen molar-refractivity contribution in [3.63, 3.8) is 0 Å². The zero-order valence-electron chi connectivity index (χ0n) is 4.39. The minimum atomic E-state index is 0. The molecular formula is C4H6NaO2. The van der Waals surface area contributed by atoms with Crippen LogP contribution in [0.5, 0.6) is 0 Å². The Morgan fingerprint density at radius 3 is 1.43 bits per heavy atom. The summed E-state index contributed by atoms with van der Waals surface area (Å²) in [4.78, 5) is 18.8. The third kappa shape index (κ3) is 10.7. The Kier molecular flexibility index (Phi) is 14.2. The van der Waals surface area contributed by atoms with Crippen LogP contribution in [-0.2, 0) is 9.59 Å². The Morgan fingerprint density at radius 2 is 1.29 bits per heavy atom. The molecule has 0 amide bonds. The molecule has 0 rings (SSSR count). The average Bonchev–Trinajstić information content (AvgIpc) is 1.61. The molecule has 0 heterocycles. The van der Waals surface area contributed by atoms with Gasteiger partial charge in [0.15, 0.2) is 0 Å². The molecule has 0 unspecified atom stereocenters. The van der Waals surface area contributed by atoms with Crippen molar-refractivity contribution in [1.82, 2.24) is 0 Å². The van der Waals surface area contributed by atoms with E-state index < -0.39 is 0 Å². The first-order valence-electron chi connectivity index (χ1n) is 1.79. The summed E-state index contributed by atoms with van der Waals surface area (Å²) in [7, 11) is 0. The molecule has 0 aromatic carbocycles. The van der Waals surface area contributed by atoms with Crippen molar-refractivity contribution in [3.8, 4) is 0 Å². The van der Waals surface area contributed by atoms with Crippen LogP contribution in [0.25, 0.3) is 0 Å². The third-order valence-corrected chi connectivity index (χ3v) is 0.402. The van der Waals surface area contributed by atoms with Crippen LogP contribution in [0.1, 0.15) is 12.8 Å². The molecule has 0 aliphatic heterocycles. The molecule has 0 aromatic heterocycles. The second kappa shape index (κ2) is 9.60. The second-order valence-corrected chi connectivity index (χ2v) is 0.911. The summed E-state index contributed by atoms with van der Waals surface area (Å²) in [6.45, 7) is 0. The maximum Gasteiger partial charge on any atom is 0.120 e. The fourth-order valence-corrected chi connectivity index (χ4v) is 0.136. The molecule has 0 saturated carbocycles. The van der Waals surface area contributed by atoms with Gasteiger partial charge in [0.25, 0.3) is 0 Å². The summed E-state index contributed by atoms with van der Waals surface area (Å²) in [5, 5.41) is 0. The fraction of sp³-hybridized carbons (Fsp3) is 0.500. The van der Waals surface area contributed by atoms with Crippen molar-refractivity contribution in [3.05, 3.63) is 0 Å². The first-order valence-corrected chi connectivity index (χ1v) is 1.79. The van der Waals surface area contributed by atoms with E-state index >= 15 is 0 Å². The van der Waals surface area contributed by atoms with E-state index in [0.29, 0.717) is 12.8 Å². The van der Waals surface area contributed by atoms with Gasteiger partial charge in [0.2, 0.25) is 0 Å². The molecule has 35 valence electrons. The van der Waals surface area contributed by atoms with Gasteiger partial charge in [-0.25, -0.2) is 0 Å². The number of carbonyl (C=O) groups excluding carboxylic acids is 2. The van der Waals surface area contributed by atoms with Gasteiger partial charge in [0.1, 0.15) is 12.6 Å². The Labute approximate surface area is 64.6 Å². The predicted molar refractivity (Wildman–Crippen MR) is 27.1 cm³/mol. The molecule has 0 N–H and O–H groups in total. The van der Waals surface area contributed by atoms with Crippen molar-refractivity contribution in [2.24, 2.45) is 0 Å². The molecule has 0 bridgehead atoms. The zero-order valence-corrected chi connectivity index (χ0v) is 6.39. The van der Waals surface area contributed by atoms with Crippen LogP contribution in [0.3, 0.4) is 0 Å². The van der Waals surface area contributed by atoms with E-state index in [1.165, 1.54) is 0 Å². The summed E-state index contributed by atoms with van der Waals surface area (Å²) in [6, 6.07) is 0. The first-order chi connectivity index (χ1) is 2.91. The van der Waals surface area contributed by atoms with Gasteiger partial charge >= 0.3 is 0 Å². The van der Waals surface area contributed by atoms with Crippen molar-refractivity contribution < 1.29 is 9.59 Å². The Balaban J connectivity index is 0. The maximum atomic E-state index is 9.40. The van der Waals surface area contributed by atoms with Crippen molar-refractivity contribution in [2.45, 2.75) is 12.8 Å². The third-order valence-electron chi connectivity index (χ3n) is 0.402. The van der Waals surface area contributed by atoms with Gasteiger partial charge in [-0.1, -0.05) is 0 Å². The summed E-state index contributed by atoms with van der Waals surface area (Å²) < 4.78 is 0. The number of unbranched alkanes of at least 4 members (excludes halogenated alkanes) is 1. The van der Waals surface area contributed by atoms with E-state index in [0.717, 1.165) is 12.6 Å². The molecule has 1 radical (unpaired) electrons. The molecule has 0 atom stereocenters. The minimum absolute atomic E-state index is 0. The van der Waals surface area contributed by atoms with E-state index in [1.807, 2.05) is 0 Å². The summed E-state index contributed by atoms with van der Waals surface area (Å²) in [5.74, 6) is 0. The first kappa shape index (κ1) is 10.3. The molecule has 0 spiro atoms. The molecule has 2 nitrogen and oxygen atoms in total. The molecule has 0 fully saturated rings. The standard InChI is InChI=1S/C4H6O2.Na/c5-3-1-2-4-6;/h3-4H,1-2H2;. The van der Waals surface area contributed by atoms with Gasteiger partial charge in [-0.05, 0) is 0 Å². The van der Waals surface area contributed by atoms with Crippen LogP contribution in [0.15, 0.2) is 0 Å². The number of hydrogen-bond acceptors (Lipinski definition) is 2. The summed E-state index contributed by atoms with van der Waals surface area (Å²) in [6.07, 6.45) is 2.19. The Bertz CT molecular complexity index is 45.7. The quantitative estimate of drug-likeness (QED) is 0.285. The van der Waals surface area contributed by atoms with Crippen LogP contribution < -0.4 is 0 Å². The SMILES string of the molecule is O=CCCC=O.[Na]. The maximum absolute atomic E-state index is 9.40. The smallest absolute Gasteiger partial charge is 0.120 e. The molecule has 3 heteroatoms. The van der Waals surface area contributed by atoms with E-state index in [9.17, 15) is 9.59 Å². The van der Waals surface area contributed by atoms with Gasteiger partial charge < -0.3 is 9.59 Å². The van der Waals surface area contributed by atoms with Crippen LogP contribution in [0.4, 0.5) is 0 Å². The molecule has 0 aromatic rings. The average molecular weight is 109 g/mol. The summed E-state index contributed by atoms with van der Waals surface area (Å²) >= 11 is 0. The van der Waals surface area contributed by atoms with Crippen LogP contribution in [0, 0.1) is 0 Å². The van der Waals surface area contributed by atoms with E-state index in [1.54, 1.807) is 0 Å². The second-order valence-electron chi connectivity index (χ2n) is 0.911. The van der Waals surface area contributed by atoms with E-state index in [-0.39, 0.29) is 29.6 Å². The Morgan fingerprint density at radius 1 is 1.00 bits per heavy atom. The van der Waals surface area contributed by atoms with Gasteiger partial charge in [-0.2, -0.15) is 0 Å². The summed E-state index contributed by atoms with van der Waals surface area (Å²) in [5.41, 5.74) is 0.